The number of amides is 1. The first-order chi connectivity index (χ1) is 7.97. The van der Waals surface area contributed by atoms with Crippen molar-refractivity contribution in [3.05, 3.63) is 0 Å². The molecule has 1 aliphatic heterocycles. The van der Waals surface area contributed by atoms with Gasteiger partial charge in [-0.15, -0.1) is 0 Å². The summed E-state index contributed by atoms with van der Waals surface area (Å²) in [5.41, 5.74) is 5.90. The summed E-state index contributed by atoms with van der Waals surface area (Å²) < 4.78 is 0. The van der Waals surface area contributed by atoms with Gasteiger partial charge in [0.1, 0.15) is 0 Å². The molecule has 1 saturated heterocycles. The van der Waals surface area contributed by atoms with Gasteiger partial charge >= 0.3 is 0 Å². The highest BCUT2D eigenvalue weighted by atomic mass is 16.2. The molecular weight excluding hydrogens is 214 g/mol. The molecule has 100 valence electrons. The van der Waals surface area contributed by atoms with E-state index in [0.717, 1.165) is 13.1 Å². The number of hydrogen-bond donors (Lipinski definition) is 1. The lowest BCUT2D eigenvalue weighted by atomic mass is 10.0. The van der Waals surface area contributed by atoms with Crippen LogP contribution in [0.25, 0.3) is 0 Å². The Kier molecular flexibility index (Phi) is 5.40. The van der Waals surface area contributed by atoms with Crippen LogP contribution in [0.5, 0.6) is 0 Å². The third kappa shape index (κ3) is 3.68. The Morgan fingerprint density at radius 2 is 2.18 bits per heavy atom. The number of likely N-dealkylation sites (N-methyl/N-ethyl adjacent to an activating group) is 2. The van der Waals surface area contributed by atoms with Gasteiger partial charge in [-0.2, -0.15) is 0 Å². The van der Waals surface area contributed by atoms with Crippen LogP contribution in [0.1, 0.15) is 33.6 Å². The van der Waals surface area contributed by atoms with Gasteiger partial charge in [-0.05, 0) is 31.8 Å². The standard InChI is InChI=1S/C13H27N3O/c1-5-16-8-6-7-11(16)9-15(4)13(17)12(14)10(2)3/h10-12H,5-9,14H2,1-4H3/t11?,12-/m0/s1. The third-order valence-electron chi connectivity index (χ3n) is 3.77. The Morgan fingerprint density at radius 1 is 1.53 bits per heavy atom. The summed E-state index contributed by atoms with van der Waals surface area (Å²) in [6.07, 6.45) is 2.44. The minimum Gasteiger partial charge on any atom is -0.343 e. The largest absolute Gasteiger partial charge is 0.343 e. The third-order valence-corrected chi connectivity index (χ3v) is 3.77. The maximum Gasteiger partial charge on any atom is 0.239 e. The fourth-order valence-electron chi connectivity index (χ4n) is 2.46. The Balaban J connectivity index is 2.48. The highest BCUT2D eigenvalue weighted by Crippen LogP contribution is 2.17. The highest BCUT2D eigenvalue weighted by Gasteiger charge is 2.27. The second-order valence-electron chi connectivity index (χ2n) is 5.41. The van der Waals surface area contributed by atoms with E-state index in [1.807, 2.05) is 25.8 Å². The molecule has 2 atom stereocenters. The molecule has 1 unspecified atom stereocenters. The van der Waals surface area contributed by atoms with Crippen molar-refractivity contribution in [2.75, 3.05) is 26.7 Å². The second-order valence-corrected chi connectivity index (χ2v) is 5.41. The van der Waals surface area contributed by atoms with E-state index in [-0.39, 0.29) is 17.9 Å². The molecule has 1 amide bonds. The minimum atomic E-state index is -0.364. The molecule has 0 bridgehead atoms. The molecule has 0 radical (unpaired) electrons. The predicted octanol–water partition coefficient (Wildman–Crippen LogP) is 0.912. The number of likely N-dealkylation sites (tertiary alicyclic amines) is 1. The molecule has 2 N–H and O–H groups in total. The Labute approximate surface area is 105 Å². The fraction of sp³-hybridized carbons (Fsp3) is 0.923. The minimum absolute atomic E-state index is 0.0722. The topological polar surface area (TPSA) is 49.6 Å². The Morgan fingerprint density at radius 3 is 2.71 bits per heavy atom. The first kappa shape index (κ1) is 14.5. The smallest absolute Gasteiger partial charge is 0.239 e. The van der Waals surface area contributed by atoms with Gasteiger partial charge in [0.2, 0.25) is 5.91 Å². The molecule has 1 fully saturated rings. The highest BCUT2D eigenvalue weighted by molar-refractivity contribution is 5.81. The van der Waals surface area contributed by atoms with E-state index in [1.165, 1.54) is 19.4 Å². The predicted molar refractivity (Wildman–Crippen MR) is 70.7 cm³/mol. The van der Waals surface area contributed by atoms with Crippen LogP contribution in [-0.2, 0) is 4.79 Å². The van der Waals surface area contributed by atoms with Crippen molar-refractivity contribution in [1.82, 2.24) is 9.80 Å². The maximum absolute atomic E-state index is 12.0. The molecule has 4 heteroatoms. The zero-order valence-electron chi connectivity index (χ0n) is 11.6. The Hall–Kier alpha value is -0.610. The number of hydrogen-bond acceptors (Lipinski definition) is 3. The first-order valence-electron chi connectivity index (χ1n) is 6.72. The van der Waals surface area contributed by atoms with Crippen molar-refractivity contribution in [3.8, 4) is 0 Å². The second kappa shape index (κ2) is 6.36. The molecule has 1 rings (SSSR count). The SMILES string of the molecule is CCN1CCCC1CN(C)C(=O)[C@@H](N)C(C)C. The number of carbonyl (C=O) groups is 1. The van der Waals surface area contributed by atoms with E-state index >= 15 is 0 Å². The van der Waals surface area contributed by atoms with Crippen LogP contribution in [0.3, 0.4) is 0 Å². The molecule has 1 heterocycles. The van der Waals surface area contributed by atoms with E-state index in [2.05, 4.69) is 11.8 Å². The van der Waals surface area contributed by atoms with Gasteiger partial charge in [-0.3, -0.25) is 9.69 Å². The van der Waals surface area contributed by atoms with Gasteiger partial charge in [0, 0.05) is 19.6 Å². The average Bonchev–Trinajstić information content (AvgIpc) is 2.73. The summed E-state index contributed by atoms with van der Waals surface area (Å²) in [4.78, 5) is 16.3. The van der Waals surface area contributed by atoms with Crippen LogP contribution in [0.2, 0.25) is 0 Å². The summed E-state index contributed by atoms with van der Waals surface area (Å²) in [5.74, 6) is 0.277. The lowest BCUT2D eigenvalue weighted by Gasteiger charge is -2.30. The van der Waals surface area contributed by atoms with Crippen molar-refractivity contribution in [2.45, 2.75) is 45.7 Å². The fourth-order valence-corrected chi connectivity index (χ4v) is 2.46. The summed E-state index contributed by atoms with van der Waals surface area (Å²) in [5, 5.41) is 0. The molecule has 4 nitrogen and oxygen atoms in total. The number of nitrogens with zero attached hydrogens (tertiary/aromatic N) is 2. The van der Waals surface area contributed by atoms with E-state index < -0.39 is 0 Å². The van der Waals surface area contributed by atoms with Crippen molar-refractivity contribution in [1.29, 1.82) is 0 Å². The monoisotopic (exact) mass is 241 g/mol. The lowest BCUT2D eigenvalue weighted by Crippen LogP contribution is -2.48. The maximum atomic E-state index is 12.0. The lowest BCUT2D eigenvalue weighted by molar-refractivity contribution is -0.132. The van der Waals surface area contributed by atoms with Crippen molar-refractivity contribution in [2.24, 2.45) is 11.7 Å². The first-order valence-corrected chi connectivity index (χ1v) is 6.72. The van der Waals surface area contributed by atoms with Crippen molar-refractivity contribution in [3.63, 3.8) is 0 Å². The number of nitrogens with two attached hydrogens (primary N) is 1. The summed E-state index contributed by atoms with van der Waals surface area (Å²) in [6, 6.07) is 0.157. The van der Waals surface area contributed by atoms with Gasteiger partial charge < -0.3 is 10.6 Å². The molecule has 0 aromatic heterocycles. The molecule has 17 heavy (non-hydrogen) atoms. The zero-order chi connectivity index (χ0) is 13.0. The van der Waals surface area contributed by atoms with E-state index in [0.29, 0.717) is 6.04 Å². The zero-order valence-corrected chi connectivity index (χ0v) is 11.6. The van der Waals surface area contributed by atoms with Gasteiger partial charge in [-0.1, -0.05) is 20.8 Å². The van der Waals surface area contributed by atoms with Crippen LogP contribution in [-0.4, -0.2) is 54.5 Å². The summed E-state index contributed by atoms with van der Waals surface area (Å²) in [6.45, 7) is 9.21. The molecule has 1 aliphatic rings. The summed E-state index contributed by atoms with van der Waals surface area (Å²) in [7, 11) is 1.87. The molecular formula is C13H27N3O. The summed E-state index contributed by atoms with van der Waals surface area (Å²) >= 11 is 0. The molecule has 0 aromatic carbocycles. The van der Waals surface area contributed by atoms with Crippen molar-refractivity contribution < 1.29 is 4.79 Å². The van der Waals surface area contributed by atoms with E-state index in [4.69, 9.17) is 5.73 Å². The van der Waals surface area contributed by atoms with Crippen LogP contribution in [0.15, 0.2) is 0 Å². The molecule has 0 aromatic rings. The quantitative estimate of drug-likeness (QED) is 0.778. The Bertz CT molecular complexity index is 255. The van der Waals surface area contributed by atoms with Crippen LogP contribution < -0.4 is 5.73 Å². The van der Waals surface area contributed by atoms with Gasteiger partial charge in [0.05, 0.1) is 6.04 Å². The molecule has 0 spiro atoms. The van der Waals surface area contributed by atoms with E-state index in [9.17, 15) is 4.79 Å². The number of carbonyl (C=O) groups excluding carboxylic acids is 1. The average molecular weight is 241 g/mol. The number of rotatable bonds is 5. The van der Waals surface area contributed by atoms with Gasteiger partial charge in [-0.25, -0.2) is 0 Å². The van der Waals surface area contributed by atoms with Gasteiger partial charge in [0.25, 0.3) is 0 Å². The van der Waals surface area contributed by atoms with Crippen LogP contribution in [0, 0.1) is 5.92 Å². The van der Waals surface area contributed by atoms with Crippen molar-refractivity contribution >= 4 is 5.91 Å². The van der Waals surface area contributed by atoms with Gasteiger partial charge in [0.15, 0.2) is 0 Å². The van der Waals surface area contributed by atoms with E-state index in [1.54, 1.807) is 0 Å². The van der Waals surface area contributed by atoms with Crippen LogP contribution >= 0.6 is 0 Å². The molecule has 0 saturated carbocycles. The molecule has 0 aliphatic carbocycles. The van der Waals surface area contributed by atoms with Crippen LogP contribution in [0.4, 0.5) is 0 Å². The normalized spacial score (nSPS) is 23.1.